The van der Waals surface area contributed by atoms with Crippen LogP contribution in [0.5, 0.6) is 0 Å². The van der Waals surface area contributed by atoms with Gasteiger partial charge >= 0.3 is 5.97 Å². The van der Waals surface area contributed by atoms with Gasteiger partial charge in [0.1, 0.15) is 0 Å². The van der Waals surface area contributed by atoms with Gasteiger partial charge < -0.3 is 15.7 Å². The lowest BCUT2D eigenvalue weighted by Gasteiger charge is -2.36. The minimum absolute atomic E-state index is 0.0892. The van der Waals surface area contributed by atoms with Crippen LogP contribution in [0.25, 0.3) is 0 Å². The van der Waals surface area contributed by atoms with Crippen LogP contribution in [0, 0.1) is 12.8 Å². The molecule has 0 unspecified atom stereocenters. The van der Waals surface area contributed by atoms with Crippen molar-refractivity contribution in [3.8, 4) is 0 Å². The average Bonchev–Trinajstić information content (AvgIpc) is 2.53. The molecular weight excluding hydrogens is 334 g/mol. The van der Waals surface area contributed by atoms with E-state index < -0.39 is 12.0 Å². The second-order valence-corrected chi connectivity index (χ2v) is 7.24. The molecule has 1 aromatic carbocycles. The van der Waals surface area contributed by atoms with E-state index in [-0.39, 0.29) is 30.2 Å². The molecule has 0 spiro atoms. The SMILES string of the molecule is Cc1cccc(CN2CCNC(=O)[C@@H]2CC(=O)NC2CC(C(=O)O)C2)c1. The van der Waals surface area contributed by atoms with E-state index in [2.05, 4.69) is 16.7 Å². The highest BCUT2D eigenvalue weighted by Crippen LogP contribution is 2.27. The maximum atomic E-state index is 12.3. The van der Waals surface area contributed by atoms with E-state index >= 15 is 0 Å². The summed E-state index contributed by atoms with van der Waals surface area (Å²) in [6, 6.07) is 7.54. The number of carbonyl (C=O) groups excluding carboxylic acids is 2. The minimum atomic E-state index is -0.813. The summed E-state index contributed by atoms with van der Waals surface area (Å²) in [5.41, 5.74) is 2.28. The number of hydrogen-bond acceptors (Lipinski definition) is 4. The van der Waals surface area contributed by atoms with Gasteiger partial charge in [-0.1, -0.05) is 29.8 Å². The first kappa shape index (κ1) is 18.4. The second-order valence-electron chi connectivity index (χ2n) is 7.24. The van der Waals surface area contributed by atoms with Crippen LogP contribution >= 0.6 is 0 Å². The van der Waals surface area contributed by atoms with Gasteiger partial charge in [-0.3, -0.25) is 19.3 Å². The predicted octanol–water partition coefficient (Wildman–Crippen LogP) is 0.665. The zero-order chi connectivity index (χ0) is 18.7. The first-order valence-corrected chi connectivity index (χ1v) is 9.02. The van der Waals surface area contributed by atoms with Gasteiger partial charge in [0, 0.05) is 25.7 Å². The molecule has 0 aromatic heterocycles. The summed E-state index contributed by atoms with van der Waals surface area (Å²) >= 11 is 0. The lowest BCUT2D eigenvalue weighted by molar-refractivity contribution is -0.146. The fraction of sp³-hybridized carbons (Fsp3) is 0.526. The number of carboxylic acid groups (broad SMARTS) is 1. The largest absolute Gasteiger partial charge is 0.481 e. The molecule has 2 amide bonds. The number of aliphatic carboxylic acids is 1. The van der Waals surface area contributed by atoms with Crippen LogP contribution in [0.15, 0.2) is 24.3 Å². The number of carbonyl (C=O) groups is 3. The Hall–Kier alpha value is -2.41. The maximum absolute atomic E-state index is 12.3. The van der Waals surface area contributed by atoms with Crippen molar-refractivity contribution >= 4 is 17.8 Å². The van der Waals surface area contributed by atoms with Gasteiger partial charge in [-0.05, 0) is 25.3 Å². The van der Waals surface area contributed by atoms with Crippen LogP contribution in [-0.4, -0.2) is 53.0 Å². The van der Waals surface area contributed by atoms with E-state index in [1.807, 2.05) is 30.0 Å². The monoisotopic (exact) mass is 359 g/mol. The van der Waals surface area contributed by atoms with Crippen LogP contribution in [0.3, 0.4) is 0 Å². The summed E-state index contributed by atoms with van der Waals surface area (Å²) < 4.78 is 0. The smallest absolute Gasteiger partial charge is 0.306 e. The van der Waals surface area contributed by atoms with Crippen molar-refractivity contribution in [2.45, 2.75) is 44.8 Å². The van der Waals surface area contributed by atoms with Gasteiger partial charge in [-0.2, -0.15) is 0 Å². The molecule has 3 rings (SSSR count). The molecule has 2 fully saturated rings. The Morgan fingerprint density at radius 3 is 2.81 bits per heavy atom. The number of piperazine rings is 1. The normalized spacial score (nSPS) is 25.9. The third kappa shape index (κ3) is 4.40. The number of carboxylic acids is 1. The Kier molecular flexibility index (Phi) is 5.56. The Balaban J connectivity index is 1.57. The highest BCUT2D eigenvalue weighted by molar-refractivity contribution is 5.89. The summed E-state index contributed by atoms with van der Waals surface area (Å²) in [6.45, 7) is 3.92. The van der Waals surface area contributed by atoms with Crippen LogP contribution in [0.2, 0.25) is 0 Å². The highest BCUT2D eigenvalue weighted by atomic mass is 16.4. The molecule has 1 saturated carbocycles. The Labute approximate surface area is 152 Å². The van der Waals surface area contributed by atoms with Crippen LogP contribution < -0.4 is 10.6 Å². The van der Waals surface area contributed by atoms with Gasteiger partial charge in [-0.15, -0.1) is 0 Å². The van der Waals surface area contributed by atoms with Gasteiger partial charge in [-0.25, -0.2) is 0 Å². The predicted molar refractivity (Wildman–Crippen MR) is 95.3 cm³/mol. The number of rotatable bonds is 6. The van der Waals surface area contributed by atoms with E-state index in [0.717, 1.165) is 11.1 Å². The van der Waals surface area contributed by atoms with Gasteiger partial charge in [0.2, 0.25) is 11.8 Å². The number of nitrogens with zero attached hydrogens (tertiary/aromatic N) is 1. The van der Waals surface area contributed by atoms with Crippen molar-refractivity contribution < 1.29 is 19.5 Å². The molecule has 2 aliphatic rings. The van der Waals surface area contributed by atoms with Crippen molar-refractivity contribution in [1.82, 2.24) is 15.5 Å². The lowest BCUT2D eigenvalue weighted by atomic mass is 9.80. The van der Waals surface area contributed by atoms with Crippen molar-refractivity contribution in [2.75, 3.05) is 13.1 Å². The first-order chi connectivity index (χ1) is 12.4. The zero-order valence-corrected chi connectivity index (χ0v) is 14.9. The van der Waals surface area contributed by atoms with Gasteiger partial charge in [0.05, 0.1) is 18.4 Å². The highest BCUT2D eigenvalue weighted by Gasteiger charge is 2.37. The topological polar surface area (TPSA) is 98.7 Å². The molecule has 1 atom stereocenters. The molecule has 1 aliphatic carbocycles. The maximum Gasteiger partial charge on any atom is 0.306 e. The third-order valence-electron chi connectivity index (χ3n) is 5.14. The van der Waals surface area contributed by atoms with E-state index in [1.165, 1.54) is 0 Å². The molecule has 1 aliphatic heterocycles. The summed E-state index contributed by atoms with van der Waals surface area (Å²) in [4.78, 5) is 37.5. The van der Waals surface area contributed by atoms with E-state index in [9.17, 15) is 14.4 Å². The second kappa shape index (κ2) is 7.86. The molecule has 1 heterocycles. The molecule has 1 saturated heterocycles. The first-order valence-electron chi connectivity index (χ1n) is 9.02. The number of hydrogen-bond donors (Lipinski definition) is 3. The van der Waals surface area contributed by atoms with E-state index in [1.54, 1.807) is 0 Å². The van der Waals surface area contributed by atoms with Crippen LogP contribution in [-0.2, 0) is 20.9 Å². The average molecular weight is 359 g/mol. The molecule has 3 N–H and O–H groups in total. The Morgan fingerprint density at radius 1 is 1.35 bits per heavy atom. The van der Waals surface area contributed by atoms with Crippen molar-refractivity contribution in [1.29, 1.82) is 0 Å². The van der Waals surface area contributed by atoms with Crippen molar-refractivity contribution in [3.63, 3.8) is 0 Å². The van der Waals surface area contributed by atoms with Crippen molar-refractivity contribution in [3.05, 3.63) is 35.4 Å². The fourth-order valence-corrected chi connectivity index (χ4v) is 3.62. The summed E-state index contributed by atoms with van der Waals surface area (Å²) in [6.07, 6.45) is 1.02. The number of nitrogens with one attached hydrogen (secondary N) is 2. The standard InChI is InChI=1S/C19H25N3O4/c1-12-3-2-4-13(7-12)11-22-6-5-20-18(24)16(22)10-17(23)21-15-8-14(9-15)19(25)26/h2-4,7,14-16H,5-6,8-11H2,1H3,(H,20,24)(H,21,23)(H,25,26)/t14?,15?,16-/m0/s1. The third-order valence-corrected chi connectivity index (χ3v) is 5.14. The molecule has 26 heavy (non-hydrogen) atoms. The molecule has 7 heteroatoms. The van der Waals surface area contributed by atoms with Crippen LogP contribution in [0.1, 0.15) is 30.4 Å². The quantitative estimate of drug-likeness (QED) is 0.693. The Morgan fingerprint density at radius 2 is 2.12 bits per heavy atom. The number of benzene rings is 1. The van der Waals surface area contributed by atoms with Gasteiger partial charge in [0.25, 0.3) is 0 Å². The fourth-order valence-electron chi connectivity index (χ4n) is 3.62. The van der Waals surface area contributed by atoms with Crippen LogP contribution in [0.4, 0.5) is 0 Å². The molecule has 0 bridgehead atoms. The van der Waals surface area contributed by atoms with Gasteiger partial charge in [0.15, 0.2) is 0 Å². The Bertz CT molecular complexity index is 700. The number of aryl methyl sites for hydroxylation is 1. The molecule has 140 valence electrons. The van der Waals surface area contributed by atoms with E-state index in [0.29, 0.717) is 32.5 Å². The summed E-state index contributed by atoms with van der Waals surface area (Å²) in [7, 11) is 0. The zero-order valence-electron chi connectivity index (χ0n) is 14.9. The molecule has 0 radical (unpaired) electrons. The summed E-state index contributed by atoms with van der Waals surface area (Å²) in [5, 5.41) is 14.6. The van der Waals surface area contributed by atoms with E-state index in [4.69, 9.17) is 5.11 Å². The summed E-state index contributed by atoms with van der Waals surface area (Å²) in [5.74, 6) is -1.51. The molecule has 7 nitrogen and oxygen atoms in total. The lowest BCUT2D eigenvalue weighted by Crippen LogP contribution is -2.57. The molecule has 1 aromatic rings. The number of amides is 2. The molecular formula is C19H25N3O4. The van der Waals surface area contributed by atoms with Crippen molar-refractivity contribution in [2.24, 2.45) is 5.92 Å². The minimum Gasteiger partial charge on any atom is -0.481 e.